The van der Waals surface area contributed by atoms with Gasteiger partial charge in [-0.3, -0.25) is 15.6 Å². The first-order chi connectivity index (χ1) is 10.9. The highest BCUT2D eigenvalue weighted by Crippen LogP contribution is 2.22. The van der Waals surface area contributed by atoms with Gasteiger partial charge in [-0.1, -0.05) is 12.1 Å². The molecule has 0 fully saturated rings. The average Bonchev–Trinajstić information content (AvgIpc) is 2.90. The zero-order valence-electron chi connectivity index (χ0n) is 12.9. The molecule has 0 aliphatic carbocycles. The SMILES string of the molecule is COCC(=O)NNc1ccccc1S(=O)(=O)Cn1cc[n+](C)c1. The van der Waals surface area contributed by atoms with Crippen LogP contribution in [0, 0.1) is 0 Å². The Bertz CT molecular complexity index is 786. The van der Waals surface area contributed by atoms with E-state index in [1.54, 1.807) is 46.1 Å². The van der Waals surface area contributed by atoms with E-state index < -0.39 is 15.7 Å². The molecular weight excluding hydrogens is 320 g/mol. The fourth-order valence-electron chi connectivity index (χ4n) is 1.99. The maximum absolute atomic E-state index is 12.6. The Hall–Kier alpha value is -2.39. The van der Waals surface area contributed by atoms with Gasteiger partial charge in [0.15, 0.2) is 5.88 Å². The molecule has 1 amide bonds. The van der Waals surface area contributed by atoms with Crippen molar-refractivity contribution in [3.63, 3.8) is 0 Å². The molecule has 0 saturated carbocycles. The van der Waals surface area contributed by atoms with E-state index in [1.807, 2.05) is 7.05 Å². The van der Waals surface area contributed by atoms with Gasteiger partial charge >= 0.3 is 0 Å². The van der Waals surface area contributed by atoms with E-state index in [9.17, 15) is 13.2 Å². The standard InChI is InChI=1S/C14H18N4O4S/c1-17-7-8-18(10-17)11-23(20,21)13-6-4-3-5-12(13)15-16-14(19)9-22-2/h3-8,10,15H,9,11H2,1-2H3/p+1. The highest BCUT2D eigenvalue weighted by atomic mass is 32.2. The van der Waals surface area contributed by atoms with Gasteiger partial charge in [0.2, 0.25) is 16.2 Å². The number of methoxy groups -OCH3 is 1. The summed E-state index contributed by atoms with van der Waals surface area (Å²) in [6.07, 6.45) is 5.10. The van der Waals surface area contributed by atoms with Crippen molar-refractivity contribution in [2.24, 2.45) is 7.05 Å². The smallest absolute Gasteiger partial charge is 0.264 e. The summed E-state index contributed by atoms with van der Waals surface area (Å²) in [6, 6.07) is 6.38. The number of aryl methyl sites for hydroxylation is 1. The van der Waals surface area contributed by atoms with Crippen molar-refractivity contribution in [2.45, 2.75) is 10.8 Å². The molecule has 1 aromatic heterocycles. The number of ether oxygens (including phenoxy) is 1. The molecule has 0 aliphatic rings. The lowest BCUT2D eigenvalue weighted by molar-refractivity contribution is -0.670. The molecule has 0 aliphatic heterocycles. The van der Waals surface area contributed by atoms with Crippen LogP contribution in [0.25, 0.3) is 0 Å². The number of hydrogen-bond acceptors (Lipinski definition) is 5. The molecule has 2 aromatic rings. The number of rotatable bonds is 7. The fourth-order valence-corrected chi connectivity index (χ4v) is 3.41. The van der Waals surface area contributed by atoms with Crippen molar-refractivity contribution >= 4 is 21.4 Å². The number of carbonyl (C=O) groups excluding carboxylic acids is 1. The van der Waals surface area contributed by atoms with Crippen molar-refractivity contribution in [3.05, 3.63) is 43.0 Å². The van der Waals surface area contributed by atoms with Crippen molar-refractivity contribution in [2.75, 3.05) is 19.1 Å². The molecule has 0 bridgehead atoms. The number of nitrogens with one attached hydrogen (secondary N) is 2. The van der Waals surface area contributed by atoms with E-state index in [0.717, 1.165) is 0 Å². The molecule has 23 heavy (non-hydrogen) atoms. The maximum atomic E-state index is 12.6. The van der Waals surface area contributed by atoms with Gasteiger partial charge in [0.25, 0.3) is 5.91 Å². The van der Waals surface area contributed by atoms with Crippen molar-refractivity contribution in [3.8, 4) is 0 Å². The van der Waals surface area contributed by atoms with Gasteiger partial charge in [-0.15, -0.1) is 0 Å². The lowest BCUT2D eigenvalue weighted by Gasteiger charge is -2.12. The van der Waals surface area contributed by atoms with E-state index >= 15 is 0 Å². The second kappa shape index (κ2) is 7.25. The monoisotopic (exact) mass is 339 g/mol. The zero-order chi connectivity index (χ0) is 16.9. The Kier molecular flexibility index (Phi) is 5.35. The Labute approximate surface area is 134 Å². The fraction of sp³-hybridized carbons (Fsp3) is 0.286. The minimum absolute atomic E-state index is 0.106. The van der Waals surface area contributed by atoms with Gasteiger partial charge in [0.05, 0.1) is 17.6 Å². The Morgan fingerprint density at radius 3 is 2.74 bits per heavy atom. The first-order valence-electron chi connectivity index (χ1n) is 6.79. The molecule has 1 heterocycles. The summed E-state index contributed by atoms with van der Waals surface area (Å²) >= 11 is 0. The number of carbonyl (C=O) groups is 1. The van der Waals surface area contributed by atoms with E-state index in [0.29, 0.717) is 5.69 Å². The van der Waals surface area contributed by atoms with Gasteiger partial charge in [-0.2, -0.15) is 0 Å². The Balaban J connectivity index is 2.19. The van der Waals surface area contributed by atoms with Gasteiger partial charge < -0.3 is 4.74 Å². The summed E-state index contributed by atoms with van der Waals surface area (Å²) in [5, 5.41) is 0. The summed E-state index contributed by atoms with van der Waals surface area (Å²) < 4.78 is 33.2. The minimum atomic E-state index is -3.59. The third kappa shape index (κ3) is 4.54. The molecule has 0 saturated heterocycles. The molecule has 9 heteroatoms. The van der Waals surface area contributed by atoms with Crippen LogP contribution in [-0.2, 0) is 32.3 Å². The number of imidazole rings is 1. The number of sulfone groups is 1. The van der Waals surface area contributed by atoms with E-state index in [-0.39, 0.29) is 17.4 Å². The van der Waals surface area contributed by atoms with Gasteiger partial charge in [-0.25, -0.2) is 17.6 Å². The number of aromatic nitrogens is 2. The number of benzene rings is 1. The first-order valence-corrected chi connectivity index (χ1v) is 8.44. The van der Waals surface area contributed by atoms with Crippen LogP contribution in [0.5, 0.6) is 0 Å². The van der Waals surface area contributed by atoms with Crippen LogP contribution in [-0.4, -0.2) is 32.6 Å². The number of anilines is 1. The highest BCUT2D eigenvalue weighted by Gasteiger charge is 2.22. The number of amides is 1. The highest BCUT2D eigenvalue weighted by molar-refractivity contribution is 7.90. The number of hydrazine groups is 1. The van der Waals surface area contributed by atoms with Crippen LogP contribution in [0.4, 0.5) is 5.69 Å². The van der Waals surface area contributed by atoms with Crippen molar-refractivity contribution in [1.29, 1.82) is 0 Å². The number of para-hydroxylation sites is 1. The maximum Gasteiger partial charge on any atom is 0.264 e. The normalized spacial score (nSPS) is 11.2. The summed E-state index contributed by atoms with van der Waals surface area (Å²) in [5.41, 5.74) is 5.31. The summed E-state index contributed by atoms with van der Waals surface area (Å²) in [7, 11) is -0.379. The molecule has 0 spiro atoms. The molecule has 8 nitrogen and oxygen atoms in total. The largest absolute Gasteiger partial charge is 0.375 e. The Morgan fingerprint density at radius 1 is 1.35 bits per heavy atom. The van der Waals surface area contributed by atoms with Crippen LogP contribution in [0.1, 0.15) is 0 Å². The molecule has 2 N–H and O–H groups in total. The van der Waals surface area contributed by atoms with E-state index in [2.05, 4.69) is 10.9 Å². The van der Waals surface area contributed by atoms with Crippen LogP contribution in [0.15, 0.2) is 47.9 Å². The lowest BCUT2D eigenvalue weighted by atomic mass is 10.3. The minimum Gasteiger partial charge on any atom is -0.375 e. The molecule has 0 unspecified atom stereocenters. The summed E-state index contributed by atoms with van der Waals surface area (Å²) in [5.74, 6) is -0.601. The van der Waals surface area contributed by atoms with Gasteiger partial charge in [0.1, 0.15) is 19.0 Å². The first kappa shape index (κ1) is 17.0. The molecule has 1 aromatic carbocycles. The quantitative estimate of drug-likeness (QED) is 0.540. The van der Waals surface area contributed by atoms with E-state index in [4.69, 9.17) is 4.74 Å². The number of hydrogen-bond donors (Lipinski definition) is 2. The predicted octanol–water partition coefficient (Wildman–Crippen LogP) is -0.166. The summed E-state index contributed by atoms with van der Waals surface area (Å²) in [6.45, 7) is -0.123. The second-order valence-corrected chi connectivity index (χ2v) is 6.87. The third-order valence-corrected chi connectivity index (χ3v) is 4.64. The molecular formula is C14H19N4O4S+. The average molecular weight is 339 g/mol. The molecule has 2 rings (SSSR count). The Morgan fingerprint density at radius 2 is 2.09 bits per heavy atom. The van der Waals surface area contributed by atoms with Crippen molar-refractivity contribution < 1.29 is 22.5 Å². The van der Waals surface area contributed by atoms with E-state index in [1.165, 1.54) is 13.2 Å². The summed E-state index contributed by atoms with van der Waals surface area (Å²) in [4.78, 5) is 11.5. The predicted molar refractivity (Wildman–Crippen MR) is 82.9 cm³/mol. The van der Waals surface area contributed by atoms with Gasteiger partial charge in [0, 0.05) is 7.11 Å². The topological polar surface area (TPSA) is 93.3 Å². The van der Waals surface area contributed by atoms with Crippen LogP contribution < -0.4 is 15.4 Å². The third-order valence-electron chi connectivity index (χ3n) is 2.98. The van der Waals surface area contributed by atoms with Crippen LogP contribution >= 0.6 is 0 Å². The van der Waals surface area contributed by atoms with Crippen LogP contribution in [0.2, 0.25) is 0 Å². The second-order valence-electron chi connectivity index (χ2n) is 4.94. The van der Waals surface area contributed by atoms with Gasteiger partial charge in [-0.05, 0) is 12.1 Å². The van der Waals surface area contributed by atoms with Crippen molar-refractivity contribution in [1.82, 2.24) is 9.99 Å². The van der Waals surface area contributed by atoms with Crippen LogP contribution in [0.3, 0.4) is 0 Å². The molecule has 0 radical (unpaired) electrons. The molecule has 124 valence electrons. The number of nitrogens with zero attached hydrogens (tertiary/aromatic N) is 2. The lowest BCUT2D eigenvalue weighted by Crippen LogP contribution is -2.33. The molecule has 0 atom stereocenters. The zero-order valence-corrected chi connectivity index (χ0v) is 13.7.